The van der Waals surface area contributed by atoms with Crippen molar-refractivity contribution in [3.05, 3.63) is 35.9 Å². The molecule has 6 heteroatoms. The lowest BCUT2D eigenvalue weighted by Crippen LogP contribution is -2.46. The van der Waals surface area contributed by atoms with Gasteiger partial charge in [0.15, 0.2) is 0 Å². The van der Waals surface area contributed by atoms with Crippen molar-refractivity contribution in [3.8, 4) is 0 Å². The zero-order valence-electron chi connectivity index (χ0n) is 12.3. The molecular formula is C16H22N2O4. The summed E-state index contributed by atoms with van der Waals surface area (Å²) in [5.74, 6) is -0.0466. The van der Waals surface area contributed by atoms with Crippen LogP contribution in [0.3, 0.4) is 0 Å². The molecule has 5 N–H and O–H groups in total. The molecule has 1 amide bonds. The molecule has 0 unspecified atom stereocenters. The third-order valence-electron chi connectivity index (χ3n) is 4.79. The lowest BCUT2D eigenvalue weighted by Gasteiger charge is -2.20. The SMILES string of the molecule is O=C(NC[C@@H]1N[C@H](CO)[C@H](O)[C@@H]1O)C1(c2ccccc2)CC1. The Morgan fingerprint density at radius 3 is 2.36 bits per heavy atom. The second-order valence-corrected chi connectivity index (χ2v) is 6.20. The summed E-state index contributed by atoms with van der Waals surface area (Å²) in [7, 11) is 0. The Kier molecular flexibility index (Phi) is 4.18. The normalized spacial score (nSPS) is 32.7. The summed E-state index contributed by atoms with van der Waals surface area (Å²) in [6.45, 7) is -0.0290. The molecule has 2 fully saturated rings. The average molecular weight is 306 g/mol. The van der Waals surface area contributed by atoms with Crippen LogP contribution >= 0.6 is 0 Å². The van der Waals surface area contributed by atoms with Crippen LogP contribution in [0.2, 0.25) is 0 Å². The third kappa shape index (κ3) is 2.63. The van der Waals surface area contributed by atoms with Gasteiger partial charge in [-0.25, -0.2) is 0 Å². The van der Waals surface area contributed by atoms with Crippen LogP contribution in [0.4, 0.5) is 0 Å². The van der Waals surface area contributed by atoms with E-state index < -0.39 is 29.7 Å². The molecule has 2 aliphatic rings. The Hall–Kier alpha value is -1.47. The Labute approximate surface area is 129 Å². The molecule has 1 heterocycles. The van der Waals surface area contributed by atoms with Gasteiger partial charge in [0.25, 0.3) is 0 Å². The monoisotopic (exact) mass is 306 g/mol. The fourth-order valence-electron chi connectivity index (χ4n) is 3.19. The van der Waals surface area contributed by atoms with E-state index in [9.17, 15) is 15.0 Å². The van der Waals surface area contributed by atoms with Crippen molar-refractivity contribution in [2.45, 2.75) is 42.5 Å². The first kappa shape index (κ1) is 15.4. The van der Waals surface area contributed by atoms with Crippen molar-refractivity contribution < 1.29 is 20.1 Å². The number of nitrogens with one attached hydrogen (secondary N) is 2. The highest BCUT2D eigenvalue weighted by atomic mass is 16.3. The number of carbonyl (C=O) groups excluding carboxylic acids is 1. The summed E-state index contributed by atoms with van der Waals surface area (Å²) in [5.41, 5.74) is 0.570. The van der Waals surface area contributed by atoms with Gasteiger partial charge < -0.3 is 26.0 Å². The van der Waals surface area contributed by atoms with Crippen LogP contribution in [0.25, 0.3) is 0 Å². The van der Waals surface area contributed by atoms with E-state index in [-0.39, 0.29) is 19.1 Å². The summed E-state index contributed by atoms with van der Waals surface area (Å²) in [4.78, 5) is 12.5. The first-order valence-electron chi connectivity index (χ1n) is 7.65. The van der Waals surface area contributed by atoms with Gasteiger partial charge in [0, 0.05) is 6.54 Å². The summed E-state index contributed by atoms with van der Waals surface area (Å²) in [6.07, 6.45) is -0.364. The van der Waals surface area contributed by atoms with E-state index >= 15 is 0 Å². The molecule has 0 aromatic heterocycles. The molecule has 3 rings (SSSR count). The van der Waals surface area contributed by atoms with Crippen LogP contribution < -0.4 is 10.6 Å². The number of aliphatic hydroxyl groups excluding tert-OH is 3. The maximum absolute atomic E-state index is 12.5. The molecular weight excluding hydrogens is 284 g/mol. The Bertz CT molecular complexity index is 532. The number of benzene rings is 1. The third-order valence-corrected chi connectivity index (χ3v) is 4.79. The van der Waals surface area contributed by atoms with E-state index in [0.717, 1.165) is 18.4 Å². The van der Waals surface area contributed by atoms with Crippen molar-refractivity contribution in [1.29, 1.82) is 0 Å². The minimum Gasteiger partial charge on any atom is -0.395 e. The molecule has 120 valence electrons. The Balaban J connectivity index is 1.60. The molecule has 0 spiro atoms. The fraction of sp³-hybridized carbons (Fsp3) is 0.562. The molecule has 1 aromatic carbocycles. The molecule has 1 aliphatic heterocycles. The summed E-state index contributed by atoms with van der Waals surface area (Å²) in [5, 5.41) is 34.6. The van der Waals surface area contributed by atoms with Crippen LogP contribution in [-0.4, -0.2) is 58.7 Å². The second kappa shape index (κ2) is 5.96. The van der Waals surface area contributed by atoms with Crippen molar-refractivity contribution in [2.24, 2.45) is 0 Å². The summed E-state index contributed by atoms with van der Waals surface area (Å²) in [6, 6.07) is 8.68. The highest BCUT2D eigenvalue weighted by Crippen LogP contribution is 2.48. The predicted octanol–water partition coefficient (Wildman–Crippen LogP) is -1.11. The van der Waals surface area contributed by atoms with Gasteiger partial charge in [-0.3, -0.25) is 4.79 Å². The number of aliphatic hydroxyl groups is 3. The van der Waals surface area contributed by atoms with Gasteiger partial charge in [-0.2, -0.15) is 0 Å². The molecule has 0 radical (unpaired) electrons. The van der Waals surface area contributed by atoms with Crippen LogP contribution in [0.15, 0.2) is 30.3 Å². The first-order valence-corrected chi connectivity index (χ1v) is 7.65. The van der Waals surface area contributed by atoms with Gasteiger partial charge >= 0.3 is 0 Å². The van der Waals surface area contributed by atoms with Crippen LogP contribution in [0, 0.1) is 0 Å². The molecule has 1 saturated heterocycles. The molecule has 1 aromatic rings. The van der Waals surface area contributed by atoms with E-state index in [1.165, 1.54) is 0 Å². The minimum atomic E-state index is -1.02. The number of amides is 1. The zero-order chi connectivity index (χ0) is 15.7. The highest BCUT2D eigenvalue weighted by molar-refractivity contribution is 5.91. The van der Waals surface area contributed by atoms with Gasteiger partial charge in [0.2, 0.25) is 5.91 Å². The molecule has 1 aliphatic carbocycles. The predicted molar refractivity (Wildman–Crippen MR) is 80.2 cm³/mol. The standard InChI is InChI=1S/C16H22N2O4/c19-9-12-14(21)13(20)11(18-12)8-17-15(22)16(6-7-16)10-4-2-1-3-5-10/h1-5,11-14,18-21H,6-9H2,(H,17,22)/t11-,12+,13+,14-/m0/s1. The van der Waals surface area contributed by atoms with Gasteiger partial charge in [-0.05, 0) is 18.4 Å². The highest BCUT2D eigenvalue weighted by Gasteiger charge is 2.51. The van der Waals surface area contributed by atoms with E-state index in [0.29, 0.717) is 0 Å². The van der Waals surface area contributed by atoms with Crippen molar-refractivity contribution in [1.82, 2.24) is 10.6 Å². The largest absolute Gasteiger partial charge is 0.395 e. The van der Waals surface area contributed by atoms with E-state index in [4.69, 9.17) is 5.11 Å². The number of carbonyl (C=O) groups is 1. The maximum atomic E-state index is 12.5. The number of hydrogen-bond acceptors (Lipinski definition) is 5. The molecule has 22 heavy (non-hydrogen) atoms. The number of rotatable bonds is 5. The minimum absolute atomic E-state index is 0.0466. The zero-order valence-corrected chi connectivity index (χ0v) is 12.3. The molecule has 4 atom stereocenters. The smallest absolute Gasteiger partial charge is 0.230 e. The summed E-state index contributed by atoms with van der Waals surface area (Å²) < 4.78 is 0. The van der Waals surface area contributed by atoms with E-state index in [2.05, 4.69) is 10.6 Å². The lowest BCUT2D eigenvalue weighted by molar-refractivity contribution is -0.123. The fourth-order valence-corrected chi connectivity index (χ4v) is 3.19. The van der Waals surface area contributed by atoms with Crippen LogP contribution in [-0.2, 0) is 10.2 Å². The maximum Gasteiger partial charge on any atom is 0.230 e. The molecule has 6 nitrogen and oxygen atoms in total. The first-order chi connectivity index (χ1) is 10.6. The van der Waals surface area contributed by atoms with E-state index in [1.54, 1.807) is 0 Å². The van der Waals surface area contributed by atoms with Crippen molar-refractivity contribution >= 4 is 5.91 Å². The molecule has 1 saturated carbocycles. The van der Waals surface area contributed by atoms with Crippen LogP contribution in [0.1, 0.15) is 18.4 Å². The second-order valence-electron chi connectivity index (χ2n) is 6.20. The Morgan fingerprint density at radius 1 is 1.18 bits per heavy atom. The summed E-state index contributed by atoms with van der Waals surface area (Å²) >= 11 is 0. The van der Waals surface area contributed by atoms with Crippen molar-refractivity contribution in [2.75, 3.05) is 13.2 Å². The van der Waals surface area contributed by atoms with Gasteiger partial charge in [0.05, 0.1) is 36.3 Å². The molecule has 0 bridgehead atoms. The topological polar surface area (TPSA) is 102 Å². The lowest BCUT2D eigenvalue weighted by atomic mass is 9.95. The van der Waals surface area contributed by atoms with E-state index in [1.807, 2.05) is 30.3 Å². The average Bonchev–Trinajstić information content (AvgIpc) is 3.31. The van der Waals surface area contributed by atoms with Gasteiger partial charge in [0.1, 0.15) is 0 Å². The van der Waals surface area contributed by atoms with Gasteiger partial charge in [-0.15, -0.1) is 0 Å². The van der Waals surface area contributed by atoms with Gasteiger partial charge in [-0.1, -0.05) is 30.3 Å². The number of hydrogen-bond donors (Lipinski definition) is 5. The van der Waals surface area contributed by atoms with Crippen LogP contribution in [0.5, 0.6) is 0 Å². The quantitative estimate of drug-likeness (QED) is 0.475. The Morgan fingerprint density at radius 2 is 1.82 bits per heavy atom. The van der Waals surface area contributed by atoms with Crippen molar-refractivity contribution in [3.63, 3.8) is 0 Å².